The molecule has 0 aliphatic heterocycles. The lowest BCUT2D eigenvalue weighted by Gasteiger charge is -2.15. The van der Waals surface area contributed by atoms with E-state index >= 15 is 0 Å². The van der Waals surface area contributed by atoms with Gasteiger partial charge in [-0.2, -0.15) is 4.31 Å². The van der Waals surface area contributed by atoms with Crippen LogP contribution in [0.3, 0.4) is 0 Å². The highest BCUT2D eigenvalue weighted by Gasteiger charge is 2.19. The van der Waals surface area contributed by atoms with Crippen LogP contribution in [-0.4, -0.2) is 48.4 Å². The lowest BCUT2D eigenvalue weighted by atomic mass is 10.3. The number of rotatable bonds is 9. The topological polar surface area (TPSA) is 96.3 Å². The fourth-order valence-electron chi connectivity index (χ4n) is 2.23. The third kappa shape index (κ3) is 5.43. The minimum Gasteiger partial charge on any atom is -0.338 e. The van der Waals surface area contributed by atoms with Gasteiger partial charge in [0.25, 0.3) is 0 Å². The van der Waals surface area contributed by atoms with Gasteiger partial charge >= 0.3 is 6.03 Å². The Morgan fingerprint density at radius 3 is 2.69 bits per heavy atom. The number of nitrogens with zero attached hydrogens (tertiary/aromatic N) is 3. The minimum atomic E-state index is -3.56. The molecule has 26 heavy (non-hydrogen) atoms. The standard InChI is InChI=1S/C17H23N5O3S/c1-3-11-21(2)26(24,25)16-7-5-15(6-8-16)20-17(23)19-9-4-12-22-13-10-18-14-22/h3,5-8,10,13-14H,1,4,9,11-12H2,2H3,(H2,19,20,23). The van der Waals surface area contributed by atoms with Crippen LogP contribution in [0.5, 0.6) is 0 Å². The maximum absolute atomic E-state index is 12.3. The molecule has 9 heteroatoms. The Morgan fingerprint density at radius 1 is 1.35 bits per heavy atom. The zero-order chi connectivity index (χ0) is 19.0. The van der Waals surface area contributed by atoms with Gasteiger partial charge in [-0.1, -0.05) is 6.08 Å². The number of hydrogen-bond acceptors (Lipinski definition) is 4. The zero-order valence-corrected chi connectivity index (χ0v) is 15.4. The van der Waals surface area contributed by atoms with Gasteiger partial charge < -0.3 is 15.2 Å². The number of imidazole rings is 1. The van der Waals surface area contributed by atoms with Crippen molar-refractivity contribution < 1.29 is 13.2 Å². The van der Waals surface area contributed by atoms with E-state index in [9.17, 15) is 13.2 Å². The van der Waals surface area contributed by atoms with Gasteiger partial charge in [0, 0.05) is 44.8 Å². The number of benzene rings is 1. The van der Waals surface area contributed by atoms with Gasteiger partial charge in [-0.3, -0.25) is 0 Å². The first-order valence-corrected chi connectivity index (χ1v) is 9.55. The van der Waals surface area contributed by atoms with Crippen molar-refractivity contribution in [2.75, 3.05) is 25.5 Å². The molecule has 0 saturated carbocycles. The fourth-order valence-corrected chi connectivity index (χ4v) is 3.37. The summed E-state index contributed by atoms with van der Waals surface area (Å²) in [6, 6.07) is 5.70. The molecule has 2 N–H and O–H groups in total. The number of likely N-dealkylation sites (N-methyl/N-ethyl adjacent to an activating group) is 1. The van der Waals surface area contributed by atoms with Crippen LogP contribution < -0.4 is 10.6 Å². The molecule has 0 atom stereocenters. The van der Waals surface area contributed by atoms with Gasteiger partial charge in [0.15, 0.2) is 0 Å². The molecule has 0 aliphatic rings. The minimum absolute atomic E-state index is 0.160. The highest BCUT2D eigenvalue weighted by Crippen LogP contribution is 2.17. The van der Waals surface area contributed by atoms with Crippen LogP contribution in [0.15, 0.2) is 60.5 Å². The quantitative estimate of drug-likeness (QED) is 0.515. The molecule has 140 valence electrons. The van der Waals surface area contributed by atoms with Crippen LogP contribution in [0.25, 0.3) is 0 Å². The Labute approximate surface area is 153 Å². The SMILES string of the molecule is C=CCN(C)S(=O)(=O)c1ccc(NC(=O)NCCCn2ccnc2)cc1. The molecule has 1 aromatic carbocycles. The first-order chi connectivity index (χ1) is 12.4. The van der Waals surface area contributed by atoms with E-state index in [2.05, 4.69) is 22.2 Å². The average Bonchev–Trinajstić information content (AvgIpc) is 3.13. The first kappa shape index (κ1) is 19.7. The van der Waals surface area contributed by atoms with Crippen molar-refractivity contribution in [3.63, 3.8) is 0 Å². The van der Waals surface area contributed by atoms with Crippen LogP contribution in [0, 0.1) is 0 Å². The number of sulfonamides is 1. The Bertz CT molecular complexity index is 817. The molecule has 1 heterocycles. The highest BCUT2D eigenvalue weighted by atomic mass is 32.2. The molecule has 0 bridgehead atoms. The normalized spacial score (nSPS) is 11.3. The smallest absolute Gasteiger partial charge is 0.319 e. The molecular formula is C17H23N5O3S. The number of hydrogen-bond donors (Lipinski definition) is 2. The molecule has 1 aromatic heterocycles. The van der Waals surface area contributed by atoms with Gasteiger partial charge in [-0.05, 0) is 30.7 Å². The largest absolute Gasteiger partial charge is 0.338 e. The number of aryl methyl sites for hydroxylation is 1. The maximum atomic E-state index is 12.3. The van der Waals surface area contributed by atoms with E-state index in [0.29, 0.717) is 12.2 Å². The van der Waals surface area contributed by atoms with Crippen LogP contribution in [0.2, 0.25) is 0 Å². The summed E-state index contributed by atoms with van der Waals surface area (Å²) in [6.07, 6.45) is 7.59. The summed E-state index contributed by atoms with van der Waals surface area (Å²) < 4.78 is 27.7. The number of aromatic nitrogens is 2. The molecule has 0 unspecified atom stereocenters. The van der Waals surface area contributed by atoms with Crippen molar-refractivity contribution in [1.82, 2.24) is 19.2 Å². The Balaban J connectivity index is 1.82. The predicted molar refractivity (Wildman–Crippen MR) is 100 cm³/mol. The second-order valence-electron chi connectivity index (χ2n) is 5.63. The van der Waals surface area contributed by atoms with Gasteiger partial charge in [0.1, 0.15) is 0 Å². The van der Waals surface area contributed by atoms with Crippen LogP contribution in [-0.2, 0) is 16.6 Å². The lowest BCUT2D eigenvalue weighted by molar-refractivity contribution is 0.252. The number of carbonyl (C=O) groups is 1. The first-order valence-electron chi connectivity index (χ1n) is 8.11. The van der Waals surface area contributed by atoms with Gasteiger partial charge in [-0.15, -0.1) is 6.58 Å². The third-order valence-electron chi connectivity index (χ3n) is 3.64. The maximum Gasteiger partial charge on any atom is 0.319 e. The third-order valence-corrected chi connectivity index (χ3v) is 5.48. The van der Waals surface area contributed by atoms with Gasteiger partial charge in [0.05, 0.1) is 11.2 Å². The van der Waals surface area contributed by atoms with Crippen molar-refractivity contribution in [1.29, 1.82) is 0 Å². The van der Waals surface area contributed by atoms with E-state index in [1.54, 1.807) is 24.7 Å². The van der Waals surface area contributed by atoms with Crippen molar-refractivity contribution in [3.8, 4) is 0 Å². The molecule has 0 fully saturated rings. The van der Waals surface area contributed by atoms with E-state index in [-0.39, 0.29) is 17.5 Å². The van der Waals surface area contributed by atoms with Crippen molar-refractivity contribution in [2.24, 2.45) is 0 Å². The van der Waals surface area contributed by atoms with E-state index < -0.39 is 10.0 Å². The summed E-state index contributed by atoms with van der Waals surface area (Å²) in [5, 5.41) is 5.43. The number of carbonyl (C=O) groups excluding carboxylic acids is 1. The Hall–Kier alpha value is -2.65. The van der Waals surface area contributed by atoms with Gasteiger partial charge in [-0.25, -0.2) is 18.2 Å². The van der Waals surface area contributed by atoms with Crippen molar-refractivity contribution in [3.05, 3.63) is 55.6 Å². The summed E-state index contributed by atoms with van der Waals surface area (Å²) in [6.45, 7) is 5.05. The van der Waals surface area contributed by atoms with Crippen LogP contribution >= 0.6 is 0 Å². The monoisotopic (exact) mass is 377 g/mol. The van der Waals surface area contributed by atoms with E-state index in [4.69, 9.17) is 0 Å². The molecule has 0 aliphatic carbocycles. The molecule has 8 nitrogen and oxygen atoms in total. The average molecular weight is 377 g/mol. The van der Waals surface area contributed by atoms with Crippen LogP contribution in [0.4, 0.5) is 10.5 Å². The zero-order valence-electron chi connectivity index (χ0n) is 14.6. The second-order valence-corrected chi connectivity index (χ2v) is 7.68. The van der Waals surface area contributed by atoms with E-state index in [0.717, 1.165) is 13.0 Å². The molecule has 0 saturated heterocycles. The Kier molecular flexibility index (Phi) is 6.93. The highest BCUT2D eigenvalue weighted by molar-refractivity contribution is 7.89. The molecular weight excluding hydrogens is 354 g/mol. The molecule has 2 aromatic rings. The summed E-state index contributed by atoms with van der Waals surface area (Å²) in [4.78, 5) is 16.0. The lowest BCUT2D eigenvalue weighted by Crippen LogP contribution is -2.30. The van der Waals surface area contributed by atoms with E-state index in [1.165, 1.54) is 29.6 Å². The Morgan fingerprint density at radius 2 is 2.08 bits per heavy atom. The van der Waals surface area contributed by atoms with E-state index in [1.807, 2.05) is 10.8 Å². The number of amides is 2. The predicted octanol–water partition coefficient (Wildman–Crippen LogP) is 1.90. The van der Waals surface area contributed by atoms with Crippen LogP contribution in [0.1, 0.15) is 6.42 Å². The number of nitrogens with one attached hydrogen (secondary N) is 2. The summed E-state index contributed by atoms with van der Waals surface area (Å²) >= 11 is 0. The summed E-state index contributed by atoms with van der Waals surface area (Å²) in [7, 11) is -2.07. The summed E-state index contributed by atoms with van der Waals surface area (Å²) in [5.74, 6) is 0. The summed E-state index contributed by atoms with van der Waals surface area (Å²) in [5.41, 5.74) is 0.516. The van der Waals surface area contributed by atoms with Crippen molar-refractivity contribution >= 4 is 21.7 Å². The van der Waals surface area contributed by atoms with Crippen molar-refractivity contribution in [2.45, 2.75) is 17.9 Å². The fraction of sp³-hybridized carbons (Fsp3) is 0.294. The number of anilines is 1. The molecule has 0 radical (unpaired) electrons. The molecule has 2 rings (SSSR count). The molecule has 2 amide bonds. The second kappa shape index (κ2) is 9.16. The number of urea groups is 1. The molecule has 0 spiro atoms. The van der Waals surface area contributed by atoms with Gasteiger partial charge in [0.2, 0.25) is 10.0 Å².